The molecule has 1 aromatic rings. The summed E-state index contributed by atoms with van der Waals surface area (Å²) in [7, 11) is 4.25. The smallest absolute Gasteiger partial charge is 0.224 e. The maximum absolute atomic E-state index is 4.69. The summed E-state index contributed by atoms with van der Waals surface area (Å²) >= 11 is 3.59. The first-order valence-corrected chi connectivity index (χ1v) is 8.09. The molecule has 2 rings (SSSR count). The van der Waals surface area contributed by atoms with E-state index in [-0.39, 0.29) is 0 Å². The SMILES string of the molecule is CCCNc1ncc(Br)c(N2CCCC2CN(C)C)n1. The highest BCUT2D eigenvalue weighted by Crippen LogP contribution is 2.30. The van der Waals surface area contributed by atoms with Crippen molar-refractivity contribution in [2.75, 3.05) is 43.9 Å². The van der Waals surface area contributed by atoms with Gasteiger partial charge < -0.3 is 15.1 Å². The Bertz CT molecular complexity index is 438. The van der Waals surface area contributed by atoms with Gasteiger partial charge in [-0.1, -0.05) is 6.92 Å². The summed E-state index contributed by atoms with van der Waals surface area (Å²) < 4.78 is 0.977. The van der Waals surface area contributed by atoms with Crippen molar-refractivity contribution in [2.45, 2.75) is 32.2 Å². The molecule has 6 heteroatoms. The molecule has 0 amide bonds. The average molecular weight is 342 g/mol. The van der Waals surface area contributed by atoms with Crippen LogP contribution in [0.3, 0.4) is 0 Å². The van der Waals surface area contributed by atoms with Crippen LogP contribution in [0.15, 0.2) is 10.7 Å². The number of rotatable bonds is 6. The second kappa shape index (κ2) is 7.22. The minimum Gasteiger partial charge on any atom is -0.354 e. The van der Waals surface area contributed by atoms with Gasteiger partial charge in [0.15, 0.2) is 0 Å². The van der Waals surface area contributed by atoms with Crippen molar-refractivity contribution < 1.29 is 0 Å². The number of likely N-dealkylation sites (N-methyl/N-ethyl adjacent to an activating group) is 1. The molecule has 2 heterocycles. The lowest BCUT2D eigenvalue weighted by Gasteiger charge is -2.28. The largest absolute Gasteiger partial charge is 0.354 e. The van der Waals surface area contributed by atoms with E-state index in [1.165, 1.54) is 12.8 Å². The molecule has 1 aliphatic heterocycles. The highest BCUT2D eigenvalue weighted by molar-refractivity contribution is 9.10. The van der Waals surface area contributed by atoms with Crippen molar-refractivity contribution in [1.82, 2.24) is 14.9 Å². The maximum atomic E-state index is 4.69. The Hall–Kier alpha value is -0.880. The summed E-state index contributed by atoms with van der Waals surface area (Å²) in [4.78, 5) is 13.7. The van der Waals surface area contributed by atoms with Crippen molar-refractivity contribution >= 4 is 27.7 Å². The van der Waals surface area contributed by atoms with E-state index >= 15 is 0 Å². The fraction of sp³-hybridized carbons (Fsp3) is 0.714. The number of aromatic nitrogens is 2. The standard InChI is InChI=1S/C14H24BrN5/c1-4-7-16-14-17-9-12(15)13(18-14)20-8-5-6-11(20)10-19(2)3/h9,11H,4-8,10H2,1-3H3,(H,16,17,18). The van der Waals surface area contributed by atoms with E-state index in [1.807, 2.05) is 6.20 Å². The molecule has 5 nitrogen and oxygen atoms in total. The summed E-state index contributed by atoms with van der Waals surface area (Å²) in [6.07, 6.45) is 5.38. The van der Waals surface area contributed by atoms with E-state index in [9.17, 15) is 0 Å². The molecule has 1 fully saturated rings. The molecule has 1 aliphatic rings. The van der Waals surface area contributed by atoms with Crippen LogP contribution in [0, 0.1) is 0 Å². The lowest BCUT2D eigenvalue weighted by molar-refractivity contribution is 0.371. The van der Waals surface area contributed by atoms with Gasteiger partial charge in [0.05, 0.1) is 4.47 Å². The Kier molecular flexibility index (Phi) is 5.60. The van der Waals surface area contributed by atoms with E-state index in [0.29, 0.717) is 6.04 Å². The van der Waals surface area contributed by atoms with Crippen molar-refractivity contribution in [3.8, 4) is 0 Å². The maximum Gasteiger partial charge on any atom is 0.224 e. The van der Waals surface area contributed by atoms with Crippen LogP contribution in [-0.4, -0.2) is 54.6 Å². The molecule has 0 radical (unpaired) electrons. The molecule has 1 aromatic heterocycles. The summed E-state index contributed by atoms with van der Waals surface area (Å²) in [5.41, 5.74) is 0. The molecular formula is C14H24BrN5. The number of anilines is 2. The third-order valence-corrected chi connectivity index (χ3v) is 4.04. The molecule has 112 valence electrons. The molecule has 0 bridgehead atoms. The first kappa shape index (κ1) is 15.5. The first-order chi connectivity index (χ1) is 9.61. The van der Waals surface area contributed by atoms with Gasteiger partial charge in [0.2, 0.25) is 5.95 Å². The number of hydrogen-bond acceptors (Lipinski definition) is 5. The number of hydrogen-bond donors (Lipinski definition) is 1. The second-order valence-electron chi connectivity index (χ2n) is 5.54. The minimum absolute atomic E-state index is 0.537. The highest BCUT2D eigenvalue weighted by atomic mass is 79.9. The fourth-order valence-electron chi connectivity index (χ4n) is 2.61. The van der Waals surface area contributed by atoms with Gasteiger partial charge in [-0.15, -0.1) is 0 Å². The van der Waals surface area contributed by atoms with E-state index in [4.69, 9.17) is 0 Å². The van der Waals surface area contributed by atoms with Crippen LogP contribution in [-0.2, 0) is 0 Å². The van der Waals surface area contributed by atoms with Gasteiger partial charge >= 0.3 is 0 Å². The van der Waals surface area contributed by atoms with Gasteiger partial charge in [-0.2, -0.15) is 4.98 Å². The highest BCUT2D eigenvalue weighted by Gasteiger charge is 2.27. The van der Waals surface area contributed by atoms with Crippen LogP contribution in [0.25, 0.3) is 0 Å². The Morgan fingerprint density at radius 1 is 1.50 bits per heavy atom. The van der Waals surface area contributed by atoms with E-state index < -0.39 is 0 Å². The van der Waals surface area contributed by atoms with Crippen LogP contribution in [0.4, 0.5) is 11.8 Å². The molecule has 0 saturated carbocycles. The van der Waals surface area contributed by atoms with Crippen LogP contribution >= 0.6 is 15.9 Å². The van der Waals surface area contributed by atoms with Crippen LogP contribution in [0.5, 0.6) is 0 Å². The minimum atomic E-state index is 0.537. The second-order valence-corrected chi connectivity index (χ2v) is 6.40. The number of halogens is 1. The Labute approximate surface area is 129 Å². The Morgan fingerprint density at radius 3 is 3.00 bits per heavy atom. The van der Waals surface area contributed by atoms with Gasteiger partial charge in [-0.25, -0.2) is 4.98 Å². The van der Waals surface area contributed by atoms with Crippen LogP contribution < -0.4 is 10.2 Å². The molecular weight excluding hydrogens is 318 g/mol. The van der Waals surface area contributed by atoms with Crippen molar-refractivity contribution in [2.24, 2.45) is 0 Å². The zero-order valence-corrected chi connectivity index (χ0v) is 14.2. The van der Waals surface area contributed by atoms with Gasteiger partial charge in [0, 0.05) is 31.9 Å². The normalized spacial score (nSPS) is 18.9. The predicted molar refractivity (Wildman–Crippen MR) is 87.4 cm³/mol. The van der Waals surface area contributed by atoms with Crippen LogP contribution in [0.1, 0.15) is 26.2 Å². The molecule has 0 aromatic carbocycles. The summed E-state index contributed by atoms with van der Waals surface area (Å²) in [6.45, 7) is 5.18. The van der Waals surface area contributed by atoms with Gasteiger partial charge in [0.1, 0.15) is 5.82 Å². The third-order valence-electron chi connectivity index (χ3n) is 3.48. The molecule has 1 atom stereocenters. The van der Waals surface area contributed by atoms with E-state index in [1.54, 1.807) is 0 Å². The summed E-state index contributed by atoms with van der Waals surface area (Å²) in [6, 6.07) is 0.537. The molecule has 1 saturated heterocycles. The van der Waals surface area contributed by atoms with Crippen LogP contribution in [0.2, 0.25) is 0 Å². The Balaban J connectivity index is 2.17. The fourth-order valence-corrected chi connectivity index (χ4v) is 3.03. The third kappa shape index (κ3) is 3.82. The molecule has 0 spiro atoms. The zero-order chi connectivity index (χ0) is 14.5. The quantitative estimate of drug-likeness (QED) is 0.861. The summed E-state index contributed by atoms with van der Waals surface area (Å²) in [5, 5.41) is 3.26. The topological polar surface area (TPSA) is 44.3 Å². The van der Waals surface area contributed by atoms with E-state index in [2.05, 4.69) is 62.0 Å². The lowest BCUT2D eigenvalue weighted by Crippen LogP contribution is -2.38. The molecule has 1 unspecified atom stereocenters. The molecule has 0 aliphatic carbocycles. The zero-order valence-electron chi connectivity index (χ0n) is 12.6. The van der Waals surface area contributed by atoms with Gasteiger partial charge in [0.25, 0.3) is 0 Å². The summed E-state index contributed by atoms with van der Waals surface area (Å²) in [5.74, 6) is 1.74. The van der Waals surface area contributed by atoms with Gasteiger partial charge in [-0.05, 0) is 49.3 Å². The first-order valence-electron chi connectivity index (χ1n) is 7.29. The van der Waals surface area contributed by atoms with Gasteiger partial charge in [-0.3, -0.25) is 0 Å². The lowest BCUT2D eigenvalue weighted by atomic mass is 10.2. The molecule has 1 N–H and O–H groups in total. The predicted octanol–water partition coefficient (Wildman–Crippen LogP) is 2.59. The van der Waals surface area contributed by atoms with Crippen molar-refractivity contribution in [1.29, 1.82) is 0 Å². The Morgan fingerprint density at radius 2 is 2.30 bits per heavy atom. The monoisotopic (exact) mass is 341 g/mol. The van der Waals surface area contributed by atoms with E-state index in [0.717, 1.165) is 42.3 Å². The van der Waals surface area contributed by atoms with Crippen molar-refractivity contribution in [3.05, 3.63) is 10.7 Å². The average Bonchev–Trinajstić information content (AvgIpc) is 2.85. The number of nitrogens with one attached hydrogen (secondary N) is 1. The van der Waals surface area contributed by atoms with Crippen molar-refractivity contribution in [3.63, 3.8) is 0 Å². The molecule has 20 heavy (non-hydrogen) atoms. The number of nitrogens with zero attached hydrogens (tertiary/aromatic N) is 4.